The number of carbonyl (C=O) groups is 2. The highest BCUT2D eigenvalue weighted by molar-refractivity contribution is 5.87. The van der Waals surface area contributed by atoms with Crippen LogP contribution >= 0.6 is 0 Å². The maximum Gasteiger partial charge on any atom is 0.415 e. The lowest BCUT2D eigenvalue weighted by atomic mass is 9.95. The van der Waals surface area contributed by atoms with Crippen molar-refractivity contribution in [2.75, 3.05) is 31.1 Å². The van der Waals surface area contributed by atoms with Crippen LogP contribution in [-0.4, -0.2) is 53.1 Å². The van der Waals surface area contributed by atoms with Gasteiger partial charge in [-0.15, -0.1) is 0 Å². The standard InChI is InChI=1S/C14H18N4O3/c1-10(19)17-4-2-3-11(9-17)12-7-15-8-13(16-12)18-5-6-21-14(18)20/h7-8,11H,2-6,9H2,1H3/t11-/m0/s1. The van der Waals surface area contributed by atoms with Crippen molar-refractivity contribution in [1.29, 1.82) is 0 Å². The van der Waals surface area contributed by atoms with Crippen LogP contribution in [0.25, 0.3) is 0 Å². The number of cyclic esters (lactones) is 1. The number of ether oxygens (including phenoxy) is 1. The van der Waals surface area contributed by atoms with Crippen LogP contribution in [-0.2, 0) is 9.53 Å². The molecule has 0 aromatic carbocycles. The zero-order valence-electron chi connectivity index (χ0n) is 12.0. The van der Waals surface area contributed by atoms with Gasteiger partial charge in [0.2, 0.25) is 5.91 Å². The predicted octanol–water partition coefficient (Wildman–Crippen LogP) is 1.16. The average molecular weight is 290 g/mol. The Morgan fingerprint density at radius 2 is 2.24 bits per heavy atom. The number of hydrogen-bond acceptors (Lipinski definition) is 5. The Kier molecular flexibility index (Phi) is 3.72. The molecule has 7 nitrogen and oxygen atoms in total. The topological polar surface area (TPSA) is 75.6 Å². The van der Waals surface area contributed by atoms with Crippen LogP contribution < -0.4 is 4.90 Å². The third-order valence-electron chi connectivity index (χ3n) is 3.96. The monoisotopic (exact) mass is 290 g/mol. The Morgan fingerprint density at radius 3 is 2.95 bits per heavy atom. The maximum absolute atomic E-state index is 11.6. The van der Waals surface area contributed by atoms with Crippen molar-refractivity contribution in [2.45, 2.75) is 25.7 Å². The van der Waals surface area contributed by atoms with Crippen LogP contribution in [0, 0.1) is 0 Å². The summed E-state index contributed by atoms with van der Waals surface area (Å²) in [7, 11) is 0. The summed E-state index contributed by atoms with van der Waals surface area (Å²) in [5, 5.41) is 0. The van der Waals surface area contributed by atoms with Crippen LogP contribution in [0.1, 0.15) is 31.4 Å². The molecule has 0 spiro atoms. The van der Waals surface area contributed by atoms with E-state index in [1.165, 1.54) is 4.90 Å². The van der Waals surface area contributed by atoms with Gasteiger partial charge in [0.15, 0.2) is 5.82 Å². The van der Waals surface area contributed by atoms with Crippen molar-refractivity contribution >= 4 is 17.8 Å². The number of piperidine rings is 1. The van der Waals surface area contributed by atoms with E-state index in [1.807, 2.05) is 4.90 Å². The summed E-state index contributed by atoms with van der Waals surface area (Å²) in [5.41, 5.74) is 0.832. The molecule has 2 aliphatic rings. The van der Waals surface area contributed by atoms with E-state index < -0.39 is 0 Å². The van der Waals surface area contributed by atoms with E-state index in [-0.39, 0.29) is 17.9 Å². The Morgan fingerprint density at radius 1 is 1.38 bits per heavy atom. The first-order valence-corrected chi connectivity index (χ1v) is 7.17. The van der Waals surface area contributed by atoms with Gasteiger partial charge < -0.3 is 9.64 Å². The molecule has 2 fully saturated rings. The molecule has 1 atom stereocenters. The molecule has 112 valence electrons. The fraction of sp³-hybridized carbons (Fsp3) is 0.571. The average Bonchev–Trinajstić information content (AvgIpc) is 2.94. The highest BCUT2D eigenvalue weighted by Crippen LogP contribution is 2.27. The number of carbonyl (C=O) groups excluding carboxylic acids is 2. The number of hydrogen-bond donors (Lipinski definition) is 0. The molecule has 0 aliphatic carbocycles. The van der Waals surface area contributed by atoms with Gasteiger partial charge in [-0.3, -0.25) is 14.7 Å². The van der Waals surface area contributed by atoms with Gasteiger partial charge in [-0.05, 0) is 12.8 Å². The van der Waals surface area contributed by atoms with Gasteiger partial charge in [0.1, 0.15) is 6.61 Å². The zero-order valence-corrected chi connectivity index (χ0v) is 12.0. The van der Waals surface area contributed by atoms with Gasteiger partial charge in [-0.2, -0.15) is 0 Å². The molecule has 0 bridgehead atoms. The molecule has 1 aromatic rings. The second-order valence-corrected chi connectivity index (χ2v) is 5.37. The molecule has 7 heteroatoms. The van der Waals surface area contributed by atoms with E-state index >= 15 is 0 Å². The van der Waals surface area contributed by atoms with E-state index in [4.69, 9.17) is 4.74 Å². The summed E-state index contributed by atoms with van der Waals surface area (Å²) in [4.78, 5) is 35.2. The molecule has 21 heavy (non-hydrogen) atoms. The second-order valence-electron chi connectivity index (χ2n) is 5.37. The van der Waals surface area contributed by atoms with Crippen LogP contribution in [0.15, 0.2) is 12.4 Å². The van der Waals surface area contributed by atoms with Crippen LogP contribution in [0.5, 0.6) is 0 Å². The third-order valence-corrected chi connectivity index (χ3v) is 3.96. The second kappa shape index (κ2) is 5.67. The number of amides is 2. The number of aromatic nitrogens is 2. The van der Waals surface area contributed by atoms with E-state index in [2.05, 4.69) is 9.97 Å². The zero-order chi connectivity index (χ0) is 14.8. The van der Waals surface area contributed by atoms with Gasteiger partial charge in [-0.25, -0.2) is 9.78 Å². The van der Waals surface area contributed by atoms with Crippen molar-refractivity contribution in [2.24, 2.45) is 0 Å². The highest BCUT2D eigenvalue weighted by Gasteiger charge is 2.28. The number of anilines is 1. The van der Waals surface area contributed by atoms with Gasteiger partial charge in [0, 0.05) is 32.1 Å². The van der Waals surface area contributed by atoms with Gasteiger partial charge in [-0.1, -0.05) is 0 Å². The molecular formula is C14H18N4O3. The molecule has 0 radical (unpaired) electrons. The molecule has 0 saturated carbocycles. The summed E-state index contributed by atoms with van der Waals surface area (Å²) < 4.78 is 4.92. The lowest BCUT2D eigenvalue weighted by Crippen LogP contribution is -2.38. The molecule has 0 unspecified atom stereocenters. The minimum Gasteiger partial charge on any atom is -0.447 e. The molecule has 3 heterocycles. The first kappa shape index (κ1) is 13.8. The molecular weight excluding hydrogens is 272 g/mol. The third kappa shape index (κ3) is 2.81. The Labute approximate surface area is 122 Å². The molecule has 2 aliphatic heterocycles. The maximum atomic E-state index is 11.6. The quantitative estimate of drug-likeness (QED) is 0.817. The Balaban J connectivity index is 1.79. The highest BCUT2D eigenvalue weighted by atomic mass is 16.6. The molecule has 2 amide bonds. The van der Waals surface area contributed by atoms with Gasteiger partial charge in [0.05, 0.1) is 18.4 Å². The molecule has 2 saturated heterocycles. The number of rotatable bonds is 2. The summed E-state index contributed by atoms with van der Waals surface area (Å²) >= 11 is 0. The van der Waals surface area contributed by atoms with Crippen molar-refractivity contribution in [3.63, 3.8) is 0 Å². The van der Waals surface area contributed by atoms with Gasteiger partial charge >= 0.3 is 6.09 Å². The Bertz CT molecular complexity index is 563. The Hall–Kier alpha value is -2.18. The summed E-state index contributed by atoms with van der Waals surface area (Å²) in [5.74, 6) is 0.788. The minimum atomic E-state index is -0.379. The summed E-state index contributed by atoms with van der Waals surface area (Å²) in [6, 6.07) is 0. The van der Waals surface area contributed by atoms with Crippen molar-refractivity contribution in [3.05, 3.63) is 18.1 Å². The minimum absolute atomic E-state index is 0.0898. The normalized spacial score (nSPS) is 22.3. The van der Waals surface area contributed by atoms with Crippen molar-refractivity contribution in [3.8, 4) is 0 Å². The van der Waals surface area contributed by atoms with Gasteiger partial charge in [0.25, 0.3) is 0 Å². The van der Waals surface area contributed by atoms with Crippen LogP contribution in [0.4, 0.5) is 10.6 Å². The fourth-order valence-corrected chi connectivity index (χ4v) is 2.80. The predicted molar refractivity (Wildman–Crippen MR) is 75.0 cm³/mol. The van der Waals surface area contributed by atoms with E-state index in [0.717, 1.165) is 25.1 Å². The number of likely N-dealkylation sites (tertiary alicyclic amines) is 1. The molecule has 0 N–H and O–H groups in total. The summed E-state index contributed by atoms with van der Waals surface area (Å²) in [6.07, 6.45) is 4.85. The fourth-order valence-electron chi connectivity index (χ4n) is 2.80. The van der Waals surface area contributed by atoms with Crippen molar-refractivity contribution in [1.82, 2.24) is 14.9 Å². The lowest BCUT2D eigenvalue weighted by molar-refractivity contribution is -0.130. The first-order valence-electron chi connectivity index (χ1n) is 7.17. The largest absolute Gasteiger partial charge is 0.447 e. The smallest absolute Gasteiger partial charge is 0.415 e. The molecule has 3 rings (SSSR count). The van der Waals surface area contributed by atoms with Crippen molar-refractivity contribution < 1.29 is 14.3 Å². The van der Waals surface area contributed by atoms with E-state index in [1.54, 1.807) is 19.3 Å². The number of nitrogens with zero attached hydrogens (tertiary/aromatic N) is 4. The summed E-state index contributed by atoms with van der Waals surface area (Å²) in [6.45, 7) is 3.94. The van der Waals surface area contributed by atoms with Crippen LogP contribution in [0.2, 0.25) is 0 Å². The van der Waals surface area contributed by atoms with E-state index in [0.29, 0.717) is 25.5 Å². The SMILES string of the molecule is CC(=O)N1CCC[C@H](c2cncc(N3CCOC3=O)n2)C1. The molecule has 1 aromatic heterocycles. The van der Waals surface area contributed by atoms with E-state index in [9.17, 15) is 9.59 Å². The van der Waals surface area contributed by atoms with Crippen LogP contribution in [0.3, 0.4) is 0 Å². The first-order chi connectivity index (χ1) is 10.1. The lowest BCUT2D eigenvalue weighted by Gasteiger charge is -2.31.